The SMILES string of the molecule is COCO[C@@H]1C=C[C@]23[C@H](C1)CC1(SCCCS1)[C@@H]2CC[C@@H]3O[Si](C)(C)C(C)(C)C. The summed E-state index contributed by atoms with van der Waals surface area (Å²) in [6.45, 7) is 12.4. The number of rotatable bonds is 5. The van der Waals surface area contributed by atoms with Gasteiger partial charge in [0.1, 0.15) is 6.79 Å². The second-order valence-corrected chi connectivity index (χ2v) is 18.8. The third kappa shape index (κ3) is 3.82. The fraction of sp³-hybridized carbons (Fsp3) is 0.913. The largest absolute Gasteiger partial charge is 0.413 e. The van der Waals surface area contributed by atoms with Gasteiger partial charge in [0.15, 0.2) is 8.32 Å². The standard InChI is InChI=1S/C23H40O3S2Si/c1-21(2,3)29(5,6)26-20-9-8-19-22(20)11-10-18(25-16-24-4)14-17(22)15-23(19)27-12-7-13-28-23/h10-11,17-20H,7-9,12-16H2,1-6H3/t17-,18-,19-,20+,22+/m1/s1. The van der Waals surface area contributed by atoms with Gasteiger partial charge in [0.2, 0.25) is 0 Å². The van der Waals surface area contributed by atoms with Crippen molar-refractivity contribution in [3.8, 4) is 0 Å². The summed E-state index contributed by atoms with van der Waals surface area (Å²) in [6, 6.07) is 0. The molecule has 0 N–H and O–H groups in total. The van der Waals surface area contributed by atoms with Crippen molar-refractivity contribution in [1.29, 1.82) is 0 Å². The molecule has 3 aliphatic carbocycles. The molecule has 2 saturated carbocycles. The van der Waals surface area contributed by atoms with Crippen LogP contribution in [0.5, 0.6) is 0 Å². The van der Waals surface area contributed by atoms with Gasteiger partial charge in [-0.05, 0) is 73.6 Å². The van der Waals surface area contributed by atoms with E-state index in [9.17, 15) is 0 Å². The van der Waals surface area contributed by atoms with Crippen molar-refractivity contribution < 1.29 is 13.9 Å². The van der Waals surface area contributed by atoms with E-state index in [4.69, 9.17) is 13.9 Å². The second kappa shape index (κ2) is 8.15. The fourth-order valence-electron chi connectivity index (χ4n) is 6.02. The summed E-state index contributed by atoms with van der Waals surface area (Å²) in [4.78, 5) is 0. The van der Waals surface area contributed by atoms with E-state index < -0.39 is 8.32 Å². The van der Waals surface area contributed by atoms with Gasteiger partial charge in [0, 0.05) is 12.5 Å². The van der Waals surface area contributed by atoms with Gasteiger partial charge < -0.3 is 13.9 Å². The Hall–Kier alpha value is 0.537. The number of methoxy groups -OCH3 is 1. The Morgan fingerprint density at radius 2 is 1.86 bits per heavy atom. The Balaban J connectivity index is 1.66. The van der Waals surface area contributed by atoms with E-state index in [0.717, 1.165) is 12.3 Å². The molecule has 4 aliphatic rings. The minimum Gasteiger partial charge on any atom is -0.413 e. The molecular formula is C23H40O3S2Si. The van der Waals surface area contributed by atoms with Gasteiger partial charge in [-0.1, -0.05) is 32.9 Å². The third-order valence-corrected chi connectivity index (χ3v) is 16.4. The van der Waals surface area contributed by atoms with Crippen molar-refractivity contribution in [2.75, 3.05) is 25.4 Å². The highest BCUT2D eigenvalue weighted by atomic mass is 32.2. The van der Waals surface area contributed by atoms with E-state index in [2.05, 4.69) is 69.5 Å². The molecule has 0 amide bonds. The lowest BCUT2D eigenvalue weighted by Gasteiger charge is -2.48. The average molecular weight is 457 g/mol. The van der Waals surface area contributed by atoms with Crippen LogP contribution in [0.15, 0.2) is 12.2 Å². The van der Waals surface area contributed by atoms with Gasteiger partial charge in [-0.15, -0.1) is 23.5 Å². The number of hydrogen-bond donors (Lipinski definition) is 0. The van der Waals surface area contributed by atoms with Gasteiger partial charge in [-0.25, -0.2) is 0 Å². The van der Waals surface area contributed by atoms with E-state index >= 15 is 0 Å². The molecule has 3 fully saturated rings. The van der Waals surface area contributed by atoms with Crippen LogP contribution in [0, 0.1) is 17.3 Å². The Morgan fingerprint density at radius 1 is 1.14 bits per heavy atom. The van der Waals surface area contributed by atoms with Crippen molar-refractivity contribution in [1.82, 2.24) is 0 Å². The molecule has 5 atom stereocenters. The molecule has 0 unspecified atom stereocenters. The Bertz CT molecular complexity index is 626. The van der Waals surface area contributed by atoms with E-state index in [0.29, 0.717) is 22.9 Å². The molecule has 0 bridgehead atoms. The smallest absolute Gasteiger partial charge is 0.192 e. The Morgan fingerprint density at radius 3 is 2.52 bits per heavy atom. The van der Waals surface area contributed by atoms with Crippen LogP contribution in [0.25, 0.3) is 0 Å². The minimum absolute atomic E-state index is 0.189. The van der Waals surface area contributed by atoms with Crippen LogP contribution in [-0.2, 0) is 13.9 Å². The van der Waals surface area contributed by atoms with Crippen LogP contribution in [0.1, 0.15) is 52.9 Å². The number of fused-ring (bicyclic) bond motifs is 1. The number of ether oxygens (including phenoxy) is 2. The number of hydrogen-bond acceptors (Lipinski definition) is 5. The van der Waals surface area contributed by atoms with Crippen LogP contribution in [0.4, 0.5) is 0 Å². The van der Waals surface area contributed by atoms with Gasteiger partial charge in [0.25, 0.3) is 0 Å². The lowest BCUT2D eigenvalue weighted by atomic mass is 9.67. The Labute approximate surface area is 187 Å². The Kier molecular flexibility index (Phi) is 6.38. The third-order valence-electron chi connectivity index (χ3n) is 8.39. The van der Waals surface area contributed by atoms with Gasteiger partial charge in [-0.3, -0.25) is 0 Å². The highest BCUT2D eigenvalue weighted by Crippen LogP contribution is 2.72. The summed E-state index contributed by atoms with van der Waals surface area (Å²) >= 11 is 4.55. The minimum atomic E-state index is -1.81. The first-order valence-electron chi connectivity index (χ1n) is 11.4. The van der Waals surface area contributed by atoms with Crippen LogP contribution in [0.2, 0.25) is 18.1 Å². The zero-order chi connectivity index (χ0) is 20.9. The molecule has 0 aromatic heterocycles. The first-order valence-corrected chi connectivity index (χ1v) is 16.3. The lowest BCUT2D eigenvalue weighted by Crippen LogP contribution is -2.50. The van der Waals surface area contributed by atoms with E-state index in [1.54, 1.807) is 7.11 Å². The highest BCUT2D eigenvalue weighted by Gasteiger charge is 2.68. The molecule has 0 radical (unpaired) electrons. The van der Waals surface area contributed by atoms with E-state index in [1.807, 2.05) is 0 Å². The van der Waals surface area contributed by atoms with Crippen molar-refractivity contribution in [3.63, 3.8) is 0 Å². The van der Waals surface area contributed by atoms with Gasteiger partial charge >= 0.3 is 0 Å². The quantitative estimate of drug-likeness (QED) is 0.275. The molecular weight excluding hydrogens is 416 g/mol. The molecule has 3 nitrogen and oxygen atoms in total. The number of thioether (sulfide) groups is 2. The summed E-state index contributed by atoms with van der Waals surface area (Å²) in [6.07, 6.45) is 11.8. The molecule has 4 rings (SSSR count). The molecule has 29 heavy (non-hydrogen) atoms. The zero-order valence-corrected chi connectivity index (χ0v) is 21.8. The molecule has 166 valence electrons. The maximum atomic E-state index is 7.19. The monoisotopic (exact) mass is 456 g/mol. The van der Waals surface area contributed by atoms with E-state index in [1.165, 1.54) is 37.2 Å². The lowest BCUT2D eigenvalue weighted by molar-refractivity contribution is -0.0744. The molecule has 1 saturated heterocycles. The summed E-state index contributed by atoms with van der Waals surface area (Å²) in [5.41, 5.74) is 0.208. The first-order chi connectivity index (χ1) is 13.6. The van der Waals surface area contributed by atoms with Crippen LogP contribution in [0.3, 0.4) is 0 Å². The van der Waals surface area contributed by atoms with Crippen molar-refractivity contribution >= 4 is 31.8 Å². The van der Waals surface area contributed by atoms with Crippen molar-refractivity contribution in [2.24, 2.45) is 17.3 Å². The van der Waals surface area contributed by atoms with Crippen LogP contribution in [-0.4, -0.2) is 50.0 Å². The predicted molar refractivity (Wildman–Crippen MR) is 128 cm³/mol. The van der Waals surface area contributed by atoms with Gasteiger partial charge in [-0.2, -0.15) is 0 Å². The molecule has 1 heterocycles. The second-order valence-electron chi connectivity index (χ2n) is 11.0. The molecule has 6 heteroatoms. The van der Waals surface area contributed by atoms with Crippen LogP contribution >= 0.6 is 23.5 Å². The van der Waals surface area contributed by atoms with E-state index in [-0.39, 0.29) is 16.6 Å². The normalized spacial score (nSPS) is 39.0. The molecule has 0 aromatic carbocycles. The first kappa shape index (κ1) is 22.7. The average Bonchev–Trinajstić information content (AvgIpc) is 3.13. The summed E-state index contributed by atoms with van der Waals surface area (Å²) in [7, 11) is -0.0968. The van der Waals surface area contributed by atoms with Crippen molar-refractivity contribution in [3.05, 3.63) is 12.2 Å². The maximum Gasteiger partial charge on any atom is 0.192 e. The molecule has 1 aliphatic heterocycles. The fourth-order valence-corrected chi connectivity index (χ4v) is 11.4. The summed E-state index contributed by atoms with van der Waals surface area (Å²) in [5, 5.41) is 0.254. The summed E-state index contributed by atoms with van der Waals surface area (Å²) < 4.78 is 18.8. The van der Waals surface area contributed by atoms with Crippen LogP contribution < -0.4 is 0 Å². The molecule has 2 spiro atoms. The highest BCUT2D eigenvalue weighted by molar-refractivity contribution is 8.18. The van der Waals surface area contributed by atoms with Gasteiger partial charge in [0.05, 0.1) is 16.3 Å². The zero-order valence-electron chi connectivity index (χ0n) is 19.2. The summed E-state index contributed by atoms with van der Waals surface area (Å²) in [5.74, 6) is 4.06. The topological polar surface area (TPSA) is 27.7 Å². The predicted octanol–water partition coefficient (Wildman–Crippen LogP) is 6.31. The maximum absolute atomic E-state index is 7.19. The molecule has 0 aromatic rings. The van der Waals surface area contributed by atoms with Crippen molar-refractivity contribution in [2.45, 2.75) is 87.3 Å².